The average Bonchev–Trinajstić information content (AvgIpc) is 2.52. The summed E-state index contributed by atoms with van der Waals surface area (Å²) in [5.41, 5.74) is 4.05. The number of likely N-dealkylation sites (N-methyl/N-ethyl adjacent to an activating group) is 1. The van der Waals surface area contributed by atoms with Gasteiger partial charge in [0.25, 0.3) is 0 Å². The Bertz CT molecular complexity index is 682. The number of rotatable bonds is 5. The molecule has 0 aliphatic rings. The average molecular weight is 314 g/mol. The van der Waals surface area contributed by atoms with E-state index in [-0.39, 0.29) is 24.3 Å². The SMILES string of the molecule is Cc1cccc(NC(=O)CN(C)[C@@H](C)c2ccc(F)cc2)c1C. The molecule has 1 amide bonds. The van der Waals surface area contributed by atoms with Crippen molar-refractivity contribution < 1.29 is 9.18 Å². The van der Waals surface area contributed by atoms with E-state index < -0.39 is 0 Å². The molecule has 0 spiro atoms. The Morgan fingerprint density at radius 3 is 2.48 bits per heavy atom. The Balaban J connectivity index is 1.99. The van der Waals surface area contributed by atoms with Crippen LogP contribution in [0.1, 0.15) is 29.7 Å². The van der Waals surface area contributed by atoms with Crippen molar-refractivity contribution in [2.75, 3.05) is 18.9 Å². The monoisotopic (exact) mass is 314 g/mol. The highest BCUT2D eigenvalue weighted by molar-refractivity contribution is 5.93. The van der Waals surface area contributed by atoms with Crippen LogP contribution in [0.4, 0.5) is 10.1 Å². The Kier molecular flexibility index (Phi) is 5.50. The highest BCUT2D eigenvalue weighted by Crippen LogP contribution is 2.20. The van der Waals surface area contributed by atoms with Crippen molar-refractivity contribution >= 4 is 11.6 Å². The number of carbonyl (C=O) groups is 1. The summed E-state index contributed by atoms with van der Waals surface area (Å²) in [4.78, 5) is 14.2. The number of hydrogen-bond donors (Lipinski definition) is 1. The van der Waals surface area contributed by atoms with Gasteiger partial charge in [-0.05, 0) is 62.7 Å². The number of carbonyl (C=O) groups excluding carboxylic acids is 1. The zero-order valence-electron chi connectivity index (χ0n) is 14.1. The molecular weight excluding hydrogens is 291 g/mol. The van der Waals surface area contributed by atoms with E-state index in [0.717, 1.165) is 22.4 Å². The van der Waals surface area contributed by atoms with Crippen LogP contribution in [-0.4, -0.2) is 24.4 Å². The lowest BCUT2D eigenvalue weighted by Gasteiger charge is -2.24. The second-order valence-corrected chi connectivity index (χ2v) is 5.94. The van der Waals surface area contributed by atoms with Crippen molar-refractivity contribution in [2.24, 2.45) is 0 Å². The molecule has 0 fully saturated rings. The molecule has 2 aromatic rings. The molecule has 0 aromatic heterocycles. The van der Waals surface area contributed by atoms with Crippen molar-refractivity contribution in [1.29, 1.82) is 0 Å². The van der Waals surface area contributed by atoms with Crippen molar-refractivity contribution in [1.82, 2.24) is 4.90 Å². The summed E-state index contributed by atoms with van der Waals surface area (Å²) >= 11 is 0. The third kappa shape index (κ3) is 4.39. The number of aryl methyl sites for hydroxylation is 1. The first-order valence-corrected chi connectivity index (χ1v) is 7.70. The summed E-state index contributed by atoms with van der Waals surface area (Å²) in [6.45, 7) is 6.29. The third-order valence-corrected chi connectivity index (χ3v) is 4.29. The van der Waals surface area contributed by atoms with Crippen LogP contribution in [0.15, 0.2) is 42.5 Å². The Hall–Kier alpha value is -2.20. The lowest BCUT2D eigenvalue weighted by atomic mass is 10.1. The highest BCUT2D eigenvalue weighted by Gasteiger charge is 2.15. The van der Waals surface area contributed by atoms with Crippen LogP contribution in [0.2, 0.25) is 0 Å². The Labute approximate surface area is 137 Å². The van der Waals surface area contributed by atoms with Gasteiger partial charge in [0.15, 0.2) is 0 Å². The van der Waals surface area contributed by atoms with Crippen molar-refractivity contribution in [3.8, 4) is 0 Å². The summed E-state index contributed by atoms with van der Waals surface area (Å²) < 4.78 is 13.0. The zero-order chi connectivity index (χ0) is 17.0. The van der Waals surface area contributed by atoms with Crippen LogP contribution in [0, 0.1) is 19.7 Å². The van der Waals surface area contributed by atoms with Gasteiger partial charge in [0.1, 0.15) is 5.82 Å². The number of nitrogens with zero attached hydrogens (tertiary/aromatic N) is 1. The number of halogens is 1. The van der Waals surface area contributed by atoms with Gasteiger partial charge in [0.05, 0.1) is 6.54 Å². The fraction of sp³-hybridized carbons (Fsp3) is 0.316. The van der Waals surface area contributed by atoms with Gasteiger partial charge in [0, 0.05) is 11.7 Å². The molecule has 1 atom stereocenters. The first-order valence-electron chi connectivity index (χ1n) is 7.70. The fourth-order valence-electron chi connectivity index (χ4n) is 2.44. The standard InChI is InChI=1S/C19H23FN2O/c1-13-6-5-7-18(14(13)2)21-19(23)12-22(4)15(3)16-8-10-17(20)11-9-16/h5-11,15H,12H2,1-4H3,(H,21,23)/t15-/m0/s1. The molecule has 0 aliphatic carbocycles. The molecule has 1 N–H and O–H groups in total. The summed E-state index contributed by atoms with van der Waals surface area (Å²) in [6, 6.07) is 12.3. The fourth-order valence-corrected chi connectivity index (χ4v) is 2.44. The van der Waals surface area contributed by atoms with Crippen LogP contribution in [0.3, 0.4) is 0 Å². The third-order valence-electron chi connectivity index (χ3n) is 4.29. The van der Waals surface area contributed by atoms with E-state index in [0.29, 0.717) is 0 Å². The van der Waals surface area contributed by atoms with E-state index in [1.165, 1.54) is 12.1 Å². The number of anilines is 1. The smallest absolute Gasteiger partial charge is 0.238 e. The second-order valence-electron chi connectivity index (χ2n) is 5.94. The van der Waals surface area contributed by atoms with E-state index in [9.17, 15) is 9.18 Å². The summed E-state index contributed by atoms with van der Waals surface area (Å²) in [7, 11) is 1.89. The van der Waals surface area contributed by atoms with E-state index >= 15 is 0 Å². The summed E-state index contributed by atoms with van der Waals surface area (Å²) in [5, 5.41) is 2.96. The van der Waals surface area contributed by atoms with Crippen molar-refractivity contribution in [3.05, 3.63) is 65.0 Å². The van der Waals surface area contributed by atoms with Gasteiger partial charge in [-0.3, -0.25) is 9.69 Å². The second kappa shape index (κ2) is 7.38. The maximum atomic E-state index is 13.0. The number of hydrogen-bond acceptors (Lipinski definition) is 2. The zero-order valence-corrected chi connectivity index (χ0v) is 14.1. The molecule has 0 radical (unpaired) electrons. The van der Waals surface area contributed by atoms with Crippen molar-refractivity contribution in [3.63, 3.8) is 0 Å². The predicted molar refractivity (Wildman–Crippen MR) is 92.0 cm³/mol. The summed E-state index contributed by atoms with van der Waals surface area (Å²) in [6.07, 6.45) is 0. The van der Waals surface area contributed by atoms with Crippen LogP contribution in [-0.2, 0) is 4.79 Å². The molecule has 122 valence electrons. The molecule has 0 aliphatic heterocycles. The van der Waals surface area contributed by atoms with Gasteiger partial charge in [-0.25, -0.2) is 4.39 Å². The van der Waals surface area contributed by atoms with E-state index in [4.69, 9.17) is 0 Å². The molecular formula is C19H23FN2O. The molecule has 0 bridgehead atoms. The number of nitrogens with one attached hydrogen (secondary N) is 1. The molecule has 4 heteroatoms. The van der Waals surface area contributed by atoms with Gasteiger partial charge in [-0.1, -0.05) is 24.3 Å². The van der Waals surface area contributed by atoms with Crippen LogP contribution >= 0.6 is 0 Å². The molecule has 0 saturated carbocycles. The molecule has 2 rings (SSSR count). The first-order chi connectivity index (χ1) is 10.9. The lowest BCUT2D eigenvalue weighted by Crippen LogP contribution is -2.32. The van der Waals surface area contributed by atoms with Crippen LogP contribution in [0.25, 0.3) is 0 Å². The molecule has 0 saturated heterocycles. The maximum Gasteiger partial charge on any atom is 0.238 e. The van der Waals surface area contributed by atoms with Gasteiger partial charge >= 0.3 is 0 Å². The van der Waals surface area contributed by atoms with Crippen LogP contribution in [0.5, 0.6) is 0 Å². The van der Waals surface area contributed by atoms with Gasteiger partial charge in [-0.15, -0.1) is 0 Å². The number of benzene rings is 2. The van der Waals surface area contributed by atoms with Gasteiger partial charge in [-0.2, -0.15) is 0 Å². The quantitative estimate of drug-likeness (QED) is 0.902. The molecule has 0 heterocycles. The normalized spacial score (nSPS) is 12.3. The minimum Gasteiger partial charge on any atom is -0.325 e. The largest absolute Gasteiger partial charge is 0.325 e. The van der Waals surface area contributed by atoms with E-state index in [1.54, 1.807) is 12.1 Å². The molecule has 0 unspecified atom stereocenters. The van der Waals surface area contributed by atoms with Crippen molar-refractivity contribution in [2.45, 2.75) is 26.8 Å². The lowest BCUT2D eigenvalue weighted by molar-refractivity contribution is -0.117. The minimum absolute atomic E-state index is 0.0277. The summed E-state index contributed by atoms with van der Waals surface area (Å²) in [5.74, 6) is -0.313. The highest BCUT2D eigenvalue weighted by atomic mass is 19.1. The van der Waals surface area contributed by atoms with Crippen LogP contribution < -0.4 is 5.32 Å². The number of amides is 1. The van der Waals surface area contributed by atoms with E-state index in [1.807, 2.05) is 50.9 Å². The Morgan fingerprint density at radius 1 is 1.17 bits per heavy atom. The topological polar surface area (TPSA) is 32.3 Å². The molecule has 23 heavy (non-hydrogen) atoms. The van der Waals surface area contributed by atoms with Gasteiger partial charge < -0.3 is 5.32 Å². The maximum absolute atomic E-state index is 13.0. The predicted octanol–water partition coefficient (Wildman–Crippen LogP) is 4.07. The Morgan fingerprint density at radius 2 is 1.83 bits per heavy atom. The van der Waals surface area contributed by atoms with E-state index in [2.05, 4.69) is 5.32 Å². The van der Waals surface area contributed by atoms with Gasteiger partial charge in [0.2, 0.25) is 5.91 Å². The minimum atomic E-state index is -0.253. The first kappa shape index (κ1) is 17.2. The molecule has 2 aromatic carbocycles. The molecule has 3 nitrogen and oxygen atoms in total.